The SMILES string of the molecule is N#Cc1ccc2nc(N3CCCC(N4CCCCCC4)C3)ccc2c1. The van der Waals surface area contributed by atoms with Crippen molar-refractivity contribution >= 4 is 16.7 Å². The molecule has 1 aromatic heterocycles. The molecule has 0 N–H and O–H groups in total. The number of anilines is 1. The molecule has 4 heteroatoms. The van der Waals surface area contributed by atoms with E-state index in [2.05, 4.69) is 28.0 Å². The summed E-state index contributed by atoms with van der Waals surface area (Å²) >= 11 is 0. The van der Waals surface area contributed by atoms with E-state index in [0.717, 1.165) is 29.8 Å². The van der Waals surface area contributed by atoms with Gasteiger partial charge in [-0.1, -0.05) is 12.8 Å². The molecule has 25 heavy (non-hydrogen) atoms. The lowest BCUT2D eigenvalue weighted by Gasteiger charge is -2.39. The second kappa shape index (κ2) is 7.41. The van der Waals surface area contributed by atoms with Crippen LogP contribution in [0.1, 0.15) is 44.1 Å². The van der Waals surface area contributed by atoms with Crippen molar-refractivity contribution in [3.05, 3.63) is 35.9 Å². The number of aromatic nitrogens is 1. The fourth-order valence-electron chi connectivity index (χ4n) is 4.28. The predicted octanol–water partition coefficient (Wildman–Crippen LogP) is 3.95. The number of rotatable bonds is 2. The molecule has 1 aromatic carbocycles. The van der Waals surface area contributed by atoms with Crippen LogP contribution in [0.4, 0.5) is 5.82 Å². The van der Waals surface area contributed by atoms with E-state index in [0.29, 0.717) is 11.6 Å². The van der Waals surface area contributed by atoms with Gasteiger partial charge < -0.3 is 4.90 Å². The molecule has 2 aromatic rings. The summed E-state index contributed by atoms with van der Waals surface area (Å²) in [6.45, 7) is 4.72. The number of nitriles is 1. The number of benzene rings is 1. The van der Waals surface area contributed by atoms with Crippen molar-refractivity contribution in [2.24, 2.45) is 0 Å². The summed E-state index contributed by atoms with van der Waals surface area (Å²) in [5.74, 6) is 1.08. The van der Waals surface area contributed by atoms with E-state index >= 15 is 0 Å². The van der Waals surface area contributed by atoms with Gasteiger partial charge in [-0.2, -0.15) is 5.26 Å². The first-order chi connectivity index (χ1) is 12.3. The second-order valence-corrected chi connectivity index (χ2v) is 7.38. The largest absolute Gasteiger partial charge is 0.355 e. The highest BCUT2D eigenvalue weighted by Crippen LogP contribution is 2.25. The summed E-state index contributed by atoms with van der Waals surface area (Å²) in [7, 11) is 0. The van der Waals surface area contributed by atoms with Crippen molar-refractivity contribution < 1.29 is 0 Å². The molecule has 0 bridgehead atoms. The van der Waals surface area contributed by atoms with Crippen molar-refractivity contribution in [1.82, 2.24) is 9.88 Å². The monoisotopic (exact) mass is 334 g/mol. The summed E-state index contributed by atoms with van der Waals surface area (Å²) < 4.78 is 0. The maximum Gasteiger partial charge on any atom is 0.129 e. The van der Waals surface area contributed by atoms with Gasteiger partial charge in [0, 0.05) is 24.5 Å². The Morgan fingerprint density at radius 2 is 1.80 bits per heavy atom. The van der Waals surface area contributed by atoms with Crippen molar-refractivity contribution in [2.75, 3.05) is 31.1 Å². The quantitative estimate of drug-likeness (QED) is 0.834. The zero-order chi connectivity index (χ0) is 17.1. The van der Waals surface area contributed by atoms with Gasteiger partial charge in [0.05, 0.1) is 17.1 Å². The van der Waals surface area contributed by atoms with E-state index in [1.165, 1.54) is 51.6 Å². The average Bonchev–Trinajstić information content (AvgIpc) is 2.97. The number of likely N-dealkylation sites (tertiary alicyclic amines) is 1. The first-order valence-corrected chi connectivity index (χ1v) is 9.63. The zero-order valence-electron chi connectivity index (χ0n) is 14.8. The van der Waals surface area contributed by atoms with Gasteiger partial charge in [-0.15, -0.1) is 0 Å². The Morgan fingerprint density at radius 3 is 2.60 bits per heavy atom. The molecule has 4 rings (SSSR count). The Balaban J connectivity index is 1.52. The van der Waals surface area contributed by atoms with Crippen molar-refractivity contribution in [2.45, 2.75) is 44.6 Å². The summed E-state index contributed by atoms with van der Waals surface area (Å²) in [4.78, 5) is 10.0. The average molecular weight is 334 g/mol. The normalized spacial score (nSPS) is 22.5. The minimum Gasteiger partial charge on any atom is -0.355 e. The van der Waals surface area contributed by atoms with Gasteiger partial charge in [0.25, 0.3) is 0 Å². The van der Waals surface area contributed by atoms with E-state index < -0.39 is 0 Å². The molecule has 2 aliphatic rings. The molecule has 2 fully saturated rings. The van der Waals surface area contributed by atoms with Crippen LogP contribution in [-0.4, -0.2) is 42.1 Å². The third-order valence-corrected chi connectivity index (χ3v) is 5.68. The van der Waals surface area contributed by atoms with Crippen LogP contribution in [0.25, 0.3) is 10.9 Å². The maximum absolute atomic E-state index is 9.05. The molecular weight excluding hydrogens is 308 g/mol. The molecule has 2 aliphatic heterocycles. The van der Waals surface area contributed by atoms with Crippen LogP contribution in [0.3, 0.4) is 0 Å². The lowest BCUT2D eigenvalue weighted by atomic mass is 10.0. The summed E-state index contributed by atoms with van der Waals surface area (Å²) in [5, 5.41) is 10.1. The molecule has 0 saturated carbocycles. The van der Waals surface area contributed by atoms with Gasteiger partial charge in [0.1, 0.15) is 5.82 Å². The zero-order valence-corrected chi connectivity index (χ0v) is 14.8. The molecule has 1 atom stereocenters. The lowest BCUT2D eigenvalue weighted by molar-refractivity contribution is 0.182. The first-order valence-electron chi connectivity index (χ1n) is 9.63. The molecule has 2 saturated heterocycles. The Hall–Kier alpha value is -2.12. The van der Waals surface area contributed by atoms with Gasteiger partial charge in [0.2, 0.25) is 0 Å². The number of nitrogens with zero attached hydrogens (tertiary/aromatic N) is 4. The van der Waals surface area contributed by atoms with Crippen LogP contribution < -0.4 is 4.90 Å². The Labute approximate surface area is 150 Å². The van der Waals surface area contributed by atoms with Gasteiger partial charge in [-0.05, 0) is 69.1 Å². The minimum atomic E-state index is 0.672. The highest BCUT2D eigenvalue weighted by atomic mass is 15.3. The molecule has 0 aliphatic carbocycles. The van der Waals surface area contributed by atoms with Crippen LogP contribution >= 0.6 is 0 Å². The summed E-state index contributed by atoms with van der Waals surface area (Å²) in [6.07, 6.45) is 8.05. The van der Waals surface area contributed by atoms with Crippen LogP contribution in [0.2, 0.25) is 0 Å². The molecule has 0 amide bonds. The fraction of sp³-hybridized carbons (Fsp3) is 0.524. The lowest BCUT2D eigenvalue weighted by Crippen LogP contribution is -2.48. The van der Waals surface area contributed by atoms with Crippen molar-refractivity contribution in [3.63, 3.8) is 0 Å². The van der Waals surface area contributed by atoms with E-state index in [9.17, 15) is 0 Å². The highest BCUT2D eigenvalue weighted by Gasteiger charge is 2.26. The Kier molecular flexibility index (Phi) is 4.85. The predicted molar refractivity (Wildman–Crippen MR) is 102 cm³/mol. The fourth-order valence-corrected chi connectivity index (χ4v) is 4.28. The number of pyridine rings is 1. The second-order valence-electron chi connectivity index (χ2n) is 7.38. The smallest absolute Gasteiger partial charge is 0.129 e. The van der Waals surface area contributed by atoms with Crippen molar-refractivity contribution in [1.29, 1.82) is 5.26 Å². The van der Waals surface area contributed by atoms with E-state index in [1.807, 2.05) is 18.2 Å². The van der Waals surface area contributed by atoms with E-state index in [1.54, 1.807) is 0 Å². The maximum atomic E-state index is 9.05. The van der Waals surface area contributed by atoms with Crippen molar-refractivity contribution in [3.8, 4) is 6.07 Å². The topological polar surface area (TPSA) is 43.2 Å². The summed E-state index contributed by atoms with van der Waals surface area (Å²) in [5.41, 5.74) is 1.68. The minimum absolute atomic E-state index is 0.672. The third-order valence-electron chi connectivity index (χ3n) is 5.68. The number of hydrogen-bond donors (Lipinski definition) is 0. The van der Waals surface area contributed by atoms with Gasteiger partial charge in [-0.3, -0.25) is 4.90 Å². The first kappa shape index (κ1) is 16.4. The molecular formula is C21H26N4. The Morgan fingerprint density at radius 1 is 0.960 bits per heavy atom. The van der Waals surface area contributed by atoms with E-state index in [4.69, 9.17) is 10.2 Å². The van der Waals surface area contributed by atoms with Gasteiger partial charge in [-0.25, -0.2) is 4.98 Å². The third kappa shape index (κ3) is 3.62. The molecule has 4 nitrogen and oxygen atoms in total. The van der Waals surface area contributed by atoms with E-state index in [-0.39, 0.29) is 0 Å². The van der Waals surface area contributed by atoms with Crippen LogP contribution in [0.15, 0.2) is 30.3 Å². The van der Waals surface area contributed by atoms with Gasteiger partial charge in [0.15, 0.2) is 0 Å². The highest BCUT2D eigenvalue weighted by molar-refractivity contribution is 5.81. The molecule has 3 heterocycles. The standard InChI is InChI=1S/C21H26N4/c22-15-17-7-9-20-18(14-17)8-10-21(23-20)25-13-5-6-19(16-25)24-11-3-1-2-4-12-24/h7-10,14,19H,1-6,11-13,16H2. The molecule has 1 unspecified atom stereocenters. The molecule has 0 radical (unpaired) electrons. The Bertz CT molecular complexity index is 771. The summed E-state index contributed by atoms with van der Waals surface area (Å²) in [6, 6.07) is 12.8. The number of piperidine rings is 1. The van der Waals surface area contributed by atoms with Crippen LogP contribution in [-0.2, 0) is 0 Å². The number of fused-ring (bicyclic) bond motifs is 1. The molecule has 130 valence electrons. The number of hydrogen-bond acceptors (Lipinski definition) is 4. The molecule has 0 spiro atoms. The van der Waals surface area contributed by atoms with Gasteiger partial charge >= 0.3 is 0 Å². The van der Waals surface area contributed by atoms with Crippen LogP contribution in [0, 0.1) is 11.3 Å². The van der Waals surface area contributed by atoms with Crippen LogP contribution in [0.5, 0.6) is 0 Å².